The predicted molar refractivity (Wildman–Crippen MR) is 180 cm³/mol. The summed E-state index contributed by atoms with van der Waals surface area (Å²) in [5.74, 6) is -0.0904. The van der Waals surface area contributed by atoms with Crippen molar-refractivity contribution in [3.05, 3.63) is 101 Å². The minimum Gasteiger partial charge on any atom is -0.484 e. The zero-order valence-electron chi connectivity index (χ0n) is 27.4. The van der Waals surface area contributed by atoms with Crippen LogP contribution >= 0.6 is 0 Å². The summed E-state index contributed by atoms with van der Waals surface area (Å²) < 4.78 is 5.82. The van der Waals surface area contributed by atoms with Gasteiger partial charge in [-0.15, -0.1) is 0 Å². The molecule has 1 aliphatic rings. The van der Waals surface area contributed by atoms with E-state index in [4.69, 9.17) is 4.74 Å². The lowest BCUT2D eigenvalue weighted by molar-refractivity contribution is -0.128. The molecule has 1 heterocycles. The number of carbonyl (C=O) groups is 3. The smallest absolute Gasteiger partial charge is 0.318 e. The van der Waals surface area contributed by atoms with Crippen molar-refractivity contribution in [2.75, 3.05) is 19.7 Å². The van der Waals surface area contributed by atoms with Crippen LogP contribution in [0.5, 0.6) is 5.75 Å². The van der Waals surface area contributed by atoms with Gasteiger partial charge in [-0.1, -0.05) is 92.2 Å². The molecular formula is C37H48N4O5. The Morgan fingerprint density at radius 1 is 0.935 bits per heavy atom. The lowest BCUT2D eigenvalue weighted by Crippen LogP contribution is -2.59. The van der Waals surface area contributed by atoms with Crippen LogP contribution in [0.4, 0.5) is 4.79 Å². The third kappa shape index (κ3) is 10.1. The molecule has 0 bridgehead atoms. The van der Waals surface area contributed by atoms with E-state index in [-0.39, 0.29) is 36.8 Å². The van der Waals surface area contributed by atoms with E-state index >= 15 is 0 Å². The first-order valence-electron chi connectivity index (χ1n) is 16.2. The maximum atomic E-state index is 13.8. The zero-order valence-corrected chi connectivity index (χ0v) is 27.4. The number of nitrogens with one attached hydrogen (secondary N) is 3. The Bertz CT molecular complexity index is 1430. The van der Waals surface area contributed by atoms with E-state index in [1.165, 1.54) is 0 Å². The minimum absolute atomic E-state index is 0.117. The number of amides is 4. The van der Waals surface area contributed by atoms with Crippen LogP contribution in [0.1, 0.15) is 48.9 Å². The van der Waals surface area contributed by atoms with E-state index in [1.807, 2.05) is 107 Å². The van der Waals surface area contributed by atoms with Crippen molar-refractivity contribution >= 4 is 17.8 Å². The number of aryl methyl sites for hydroxylation is 2. The van der Waals surface area contributed by atoms with Crippen molar-refractivity contribution in [2.45, 2.75) is 77.6 Å². The molecule has 9 heteroatoms. The van der Waals surface area contributed by atoms with Crippen LogP contribution in [0.25, 0.3) is 0 Å². The third-order valence-corrected chi connectivity index (χ3v) is 8.34. The number of urea groups is 1. The molecule has 1 fully saturated rings. The molecule has 1 unspecified atom stereocenters. The van der Waals surface area contributed by atoms with Gasteiger partial charge in [-0.2, -0.15) is 0 Å². The Kier molecular flexibility index (Phi) is 12.6. The lowest BCUT2D eigenvalue weighted by Gasteiger charge is -2.37. The van der Waals surface area contributed by atoms with E-state index in [0.717, 1.165) is 28.7 Å². The predicted octanol–water partition coefficient (Wildman–Crippen LogP) is 4.33. The summed E-state index contributed by atoms with van der Waals surface area (Å²) >= 11 is 0. The number of rotatable bonds is 15. The molecule has 46 heavy (non-hydrogen) atoms. The summed E-state index contributed by atoms with van der Waals surface area (Å²) in [7, 11) is 0. The summed E-state index contributed by atoms with van der Waals surface area (Å²) in [4.78, 5) is 41.3. The van der Waals surface area contributed by atoms with Crippen LogP contribution in [0.2, 0.25) is 0 Å². The highest BCUT2D eigenvalue weighted by molar-refractivity contribution is 5.87. The molecule has 4 amide bonds. The largest absolute Gasteiger partial charge is 0.484 e. The first-order chi connectivity index (χ1) is 22.1. The first kappa shape index (κ1) is 34.5. The van der Waals surface area contributed by atoms with Gasteiger partial charge in [0.05, 0.1) is 12.1 Å². The minimum atomic E-state index is -0.991. The molecule has 4 rings (SSSR count). The van der Waals surface area contributed by atoms with Crippen LogP contribution in [0.3, 0.4) is 0 Å². The second-order valence-corrected chi connectivity index (χ2v) is 12.6. The van der Waals surface area contributed by atoms with Crippen LogP contribution in [-0.2, 0) is 22.4 Å². The maximum Gasteiger partial charge on any atom is 0.318 e. The van der Waals surface area contributed by atoms with Gasteiger partial charge < -0.3 is 30.7 Å². The fraction of sp³-hybridized carbons (Fsp3) is 0.432. The average Bonchev–Trinajstić information content (AvgIpc) is 3.02. The number of nitrogens with zero attached hydrogens (tertiary/aromatic N) is 1. The highest BCUT2D eigenvalue weighted by Crippen LogP contribution is 2.20. The van der Waals surface area contributed by atoms with Gasteiger partial charge in [0.25, 0.3) is 5.91 Å². The van der Waals surface area contributed by atoms with E-state index < -0.39 is 24.2 Å². The van der Waals surface area contributed by atoms with E-state index in [0.29, 0.717) is 31.7 Å². The van der Waals surface area contributed by atoms with Gasteiger partial charge in [-0.3, -0.25) is 9.59 Å². The highest BCUT2D eigenvalue weighted by Gasteiger charge is 2.35. The number of aliphatic hydroxyl groups excluding tert-OH is 1. The average molecular weight is 629 g/mol. The van der Waals surface area contributed by atoms with Crippen molar-refractivity contribution in [2.24, 2.45) is 5.92 Å². The Labute approximate surface area is 272 Å². The fourth-order valence-corrected chi connectivity index (χ4v) is 6.06. The normalized spacial score (nSPS) is 15.8. The maximum absolute atomic E-state index is 13.8. The fourth-order valence-electron chi connectivity index (χ4n) is 6.06. The van der Waals surface area contributed by atoms with Gasteiger partial charge in [-0.05, 0) is 68.2 Å². The van der Waals surface area contributed by atoms with Crippen LogP contribution < -0.4 is 20.7 Å². The Balaban J connectivity index is 1.51. The number of hydrogen-bond acceptors (Lipinski definition) is 5. The van der Waals surface area contributed by atoms with Crippen molar-refractivity contribution in [1.29, 1.82) is 0 Å². The quantitative estimate of drug-likeness (QED) is 0.200. The number of ether oxygens (including phenoxy) is 1. The summed E-state index contributed by atoms with van der Waals surface area (Å²) in [5, 5.41) is 20.7. The number of aliphatic hydroxyl groups is 1. The molecule has 4 atom stereocenters. The van der Waals surface area contributed by atoms with Crippen LogP contribution in [-0.4, -0.2) is 71.8 Å². The van der Waals surface area contributed by atoms with Gasteiger partial charge in [0.1, 0.15) is 11.8 Å². The molecule has 0 aromatic heterocycles. The summed E-state index contributed by atoms with van der Waals surface area (Å²) in [5.41, 5.74) is 4.01. The summed E-state index contributed by atoms with van der Waals surface area (Å²) in [6.07, 6.45) is 0.833. The molecular weight excluding hydrogens is 580 g/mol. The first-order valence-corrected chi connectivity index (χ1v) is 16.2. The third-order valence-electron chi connectivity index (χ3n) is 8.34. The Morgan fingerprint density at radius 3 is 2.20 bits per heavy atom. The lowest BCUT2D eigenvalue weighted by atomic mass is 9.92. The molecule has 0 spiro atoms. The molecule has 0 saturated carbocycles. The molecule has 246 valence electrons. The van der Waals surface area contributed by atoms with E-state index in [1.54, 1.807) is 4.90 Å². The topological polar surface area (TPSA) is 120 Å². The van der Waals surface area contributed by atoms with E-state index in [9.17, 15) is 19.5 Å². The van der Waals surface area contributed by atoms with Gasteiger partial charge in [0, 0.05) is 19.1 Å². The molecule has 1 saturated heterocycles. The van der Waals surface area contributed by atoms with Crippen LogP contribution in [0.15, 0.2) is 78.9 Å². The van der Waals surface area contributed by atoms with Crippen molar-refractivity contribution in [3.8, 4) is 5.75 Å². The van der Waals surface area contributed by atoms with Gasteiger partial charge in [0.15, 0.2) is 6.61 Å². The SMILES string of the molecule is Cc1ccc(OCC(=O)N[C@@H](Cc2ccccc2)[C@@H](O)C[C@H](Cc2ccccc2)NC(=O)C(C(C)C)N2CCCNC2=O)c(C)c1. The number of hydrogen-bond donors (Lipinski definition) is 4. The van der Waals surface area contributed by atoms with E-state index in [2.05, 4.69) is 16.0 Å². The molecule has 0 aliphatic carbocycles. The van der Waals surface area contributed by atoms with Crippen molar-refractivity contribution in [3.63, 3.8) is 0 Å². The molecule has 3 aromatic rings. The van der Waals surface area contributed by atoms with Crippen LogP contribution in [0, 0.1) is 19.8 Å². The standard InChI is InChI=1S/C37H48N4O5/c1-25(2)35(41-19-11-18-38-37(41)45)36(44)39-30(21-28-12-7-5-8-13-28)23-32(42)31(22-29-14-9-6-10-15-29)40-34(43)24-46-33-17-16-26(3)20-27(33)4/h5-10,12-17,20,25,30-32,35,42H,11,18-19,21-24H2,1-4H3,(H,38,45)(H,39,44)(H,40,43)/t30-,31-,32-,35?/m0/s1. The van der Waals surface area contributed by atoms with Gasteiger partial charge >= 0.3 is 6.03 Å². The molecule has 4 N–H and O–H groups in total. The number of benzene rings is 3. The molecule has 3 aromatic carbocycles. The highest BCUT2D eigenvalue weighted by atomic mass is 16.5. The molecule has 1 aliphatic heterocycles. The second-order valence-electron chi connectivity index (χ2n) is 12.6. The molecule has 0 radical (unpaired) electrons. The van der Waals surface area contributed by atoms with Gasteiger partial charge in [-0.25, -0.2) is 4.79 Å². The van der Waals surface area contributed by atoms with Gasteiger partial charge in [0.2, 0.25) is 5.91 Å². The molecule has 9 nitrogen and oxygen atoms in total. The monoisotopic (exact) mass is 628 g/mol. The Hall–Kier alpha value is -4.37. The zero-order chi connectivity index (χ0) is 33.1. The Morgan fingerprint density at radius 2 is 1.59 bits per heavy atom. The van der Waals surface area contributed by atoms with Crippen molar-refractivity contribution in [1.82, 2.24) is 20.9 Å². The summed E-state index contributed by atoms with van der Waals surface area (Å²) in [6, 6.07) is 23.2. The number of carbonyl (C=O) groups excluding carboxylic acids is 3. The second kappa shape index (κ2) is 16.8. The summed E-state index contributed by atoms with van der Waals surface area (Å²) in [6.45, 7) is 8.70. The van der Waals surface area contributed by atoms with Crippen molar-refractivity contribution < 1.29 is 24.2 Å².